The van der Waals surface area contributed by atoms with E-state index in [9.17, 15) is 13.2 Å². The standard InChI is InChI=1S/C13H19F3N4/c1-2-17-9-11-3-4-12(19-18-11)20-7-5-10(6-8-20)13(14,15)16/h3-4,10,17H,2,5-9H2,1H3. The number of aromatic nitrogens is 2. The van der Waals surface area contributed by atoms with Gasteiger partial charge in [-0.2, -0.15) is 18.3 Å². The molecule has 2 rings (SSSR count). The van der Waals surface area contributed by atoms with Gasteiger partial charge >= 0.3 is 6.18 Å². The lowest BCUT2D eigenvalue weighted by atomic mass is 9.96. The molecule has 4 nitrogen and oxygen atoms in total. The van der Waals surface area contributed by atoms with Gasteiger partial charge in [0, 0.05) is 19.6 Å². The van der Waals surface area contributed by atoms with Crippen LogP contribution in [0.5, 0.6) is 0 Å². The molecule has 0 aromatic carbocycles. The Kier molecular flexibility index (Phi) is 4.80. The second-order valence-corrected chi connectivity index (χ2v) is 4.97. The Morgan fingerprint density at radius 1 is 1.25 bits per heavy atom. The van der Waals surface area contributed by atoms with Gasteiger partial charge in [0.1, 0.15) is 0 Å². The molecule has 0 amide bonds. The minimum absolute atomic E-state index is 0.129. The predicted octanol–water partition coefficient (Wildman–Crippen LogP) is 2.36. The maximum Gasteiger partial charge on any atom is 0.391 e. The van der Waals surface area contributed by atoms with Crippen molar-refractivity contribution in [3.8, 4) is 0 Å². The predicted molar refractivity (Wildman–Crippen MR) is 70.4 cm³/mol. The maximum atomic E-state index is 12.6. The van der Waals surface area contributed by atoms with Crippen molar-refractivity contribution in [3.63, 3.8) is 0 Å². The third kappa shape index (κ3) is 3.82. The van der Waals surface area contributed by atoms with Crippen LogP contribution in [0.4, 0.5) is 19.0 Å². The first-order chi connectivity index (χ1) is 9.50. The summed E-state index contributed by atoms with van der Waals surface area (Å²) in [6.07, 6.45) is -3.82. The normalized spacial score (nSPS) is 17.5. The molecule has 1 fully saturated rings. The van der Waals surface area contributed by atoms with E-state index in [0.717, 1.165) is 12.2 Å². The molecular weight excluding hydrogens is 269 g/mol. The molecule has 1 N–H and O–H groups in total. The summed E-state index contributed by atoms with van der Waals surface area (Å²) >= 11 is 0. The summed E-state index contributed by atoms with van der Waals surface area (Å²) in [4.78, 5) is 1.87. The Labute approximate surface area is 116 Å². The molecule has 0 spiro atoms. The van der Waals surface area contributed by atoms with E-state index in [-0.39, 0.29) is 12.8 Å². The van der Waals surface area contributed by atoms with E-state index in [1.807, 2.05) is 24.0 Å². The molecule has 0 saturated carbocycles. The van der Waals surface area contributed by atoms with Crippen molar-refractivity contribution in [1.82, 2.24) is 15.5 Å². The lowest BCUT2D eigenvalue weighted by molar-refractivity contribution is -0.179. The van der Waals surface area contributed by atoms with Crippen molar-refractivity contribution < 1.29 is 13.2 Å². The molecule has 112 valence electrons. The molecule has 0 bridgehead atoms. The zero-order chi connectivity index (χ0) is 14.6. The summed E-state index contributed by atoms with van der Waals surface area (Å²) < 4.78 is 37.8. The first-order valence-corrected chi connectivity index (χ1v) is 6.85. The highest BCUT2D eigenvalue weighted by molar-refractivity contribution is 5.37. The molecule has 0 aliphatic carbocycles. The van der Waals surface area contributed by atoms with Crippen molar-refractivity contribution in [2.75, 3.05) is 24.5 Å². The highest BCUT2D eigenvalue weighted by Gasteiger charge is 2.41. The third-order valence-corrected chi connectivity index (χ3v) is 3.54. The average Bonchev–Trinajstić information content (AvgIpc) is 2.45. The second-order valence-electron chi connectivity index (χ2n) is 4.97. The maximum absolute atomic E-state index is 12.6. The second kappa shape index (κ2) is 6.39. The van der Waals surface area contributed by atoms with Crippen LogP contribution >= 0.6 is 0 Å². The Morgan fingerprint density at radius 2 is 1.95 bits per heavy atom. The van der Waals surface area contributed by atoms with Crippen molar-refractivity contribution in [3.05, 3.63) is 17.8 Å². The summed E-state index contributed by atoms with van der Waals surface area (Å²) in [5.41, 5.74) is 0.834. The lowest BCUT2D eigenvalue weighted by Crippen LogP contribution is -2.39. The van der Waals surface area contributed by atoms with Crippen LogP contribution in [0.1, 0.15) is 25.5 Å². The van der Waals surface area contributed by atoms with E-state index in [2.05, 4.69) is 15.5 Å². The van der Waals surface area contributed by atoms with Crippen molar-refractivity contribution in [2.45, 2.75) is 32.5 Å². The number of rotatable bonds is 4. The molecule has 0 radical (unpaired) electrons. The minimum Gasteiger partial charge on any atom is -0.355 e. The SMILES string of the molecule is CCNCc1ccc(N2CCC(C(F)(F)F)CC2)nn1. The number of nitrogens with zero attached hydrogens (tertiary/aromatic N) is 3. The Morgan fingerprint density at radius 3 is 2.45 bits per heavy atom. The van der Waals surface area contributed by atoms with Crippen LogP contribution < -0.4 is 10.2 Å². The fraction of sp³-hybridized carbons (Fsp3) is 0.692. The number of hydrogen-bond donors (Lipinski definition) is 1. The zero-order valence-electron chi connectivity index (χ0n) is 11.5. The molecule has 20 heavy (non-hydrogen) atoms. The van der Waals surface area contributed by atoms with Gasteiger partial charge < -0.3 is 10.2 Å². The Bertz CT molecular complexity index is 411. The topological polar surface area (TPSA) is 41.0 Å². The monoisotopic (exact) mass is 288 g/mol. The van der Waals surface area contributed by atoms with Gasteiger partial charge in [0.05, 0.1) is 11.6 Å². The van der Waals surface area contributed by atoms with E-state index in [1.165, 1.54) is 0 Å². The Hall–Kier alpha value is -1.37. The molecule has 0 atom stereocenters. The highest BCUT2D eigenvalue weighted by Crippen LogP contribution is 2.34. The number of alkyl halides is 3. The minimum atomic E-state index is -4.08. The fourth-order valence-electron chi connectivity index (χ4n) is 2.30. The molecule has 7 heteroatoms. The molecular formula is C13H19F3N4. The molecule has 1 aliphatic heterocycles. The highest BCUT2D eigenvalue weighted by atomic mass is 19.4. The zero-order valence-corrected chi connectivity index (χ0v) is 11.5. The first-order valence-electron chi connectivity index (χ1n) is 6.85. The van der Waals surface area contributed by atoms with Gasteiger partial charge in [-0.3, -0.25) is 0 Å². The summed E-state index contributed by atoms with van der Waals surface area (Å²) in [6.45, 7) is 4.28. The first kappa shape index (κ1) is 15.0. The number of anilines is 1. The van der Waals surface area contributed by atoms with Crippen LogP contribution in [0, 0.1) is 5.92 Å². The quantitative estimate of drug-likeness (QED) is 0.923. The number of piperidine rings is 1. The van der Waals surface area contributed by atoms with Crippen LogP contribution in [-0.4, -0.2) is 36.0 Å². The van der Waals surface area contributed by atoms with Crippen LogP contribution in [0.3, 0.4) is 0 Å². The van der Waals surface area contributed by atoms with Gasteiger partial charge in [-0.1, -0.05) is 6.92 Å². The van der Waals surface area contributed by atoms with E-state index < -0.39 is 12.1 Å². The summed E-state index contributed by atoms with van der Waals surface area (Å²) in [5, 5.41) is 11.3. The van der Waals surface area contributed by atoms with Crippen molar-refractivity contribution in [1.29, 1.82) is 0 Å². The average molecular weight is 288 g/mol. The van der Waals surface area contributed by atoms with Crippen molar-refractivity contribution >= 4 is 5.82 Å². The largest absolute Gasteiger partial charge is 0.391 e. The molecule has 1 aromatic heterocycles. The van der Waals surface area contributed by atoms with E-state index in [1.54, 1.807) is 0 Å². The number of halogens is 3. The molecule has 2 heterocycles. The van der Waals surface area contributed by atoms with Crippen LogP contribution in [-0.2, 0) is 6.54 Å². The van der Waals surface area contributed by atoms with Crippen molar-refractivity contribution in [2.24, 2.45) is 5.92 Å². The van der Waals surface area contributed by atoms with Gasteiger partial charge in [-0.15, -0.1) is 5.10 Å². The molecule has 1 saturated heterocycles. The van der Waals surface area contributed by atoms with Gasteiger partial charge in [-0.05, 0) is 31.5 Å². The molecule has 1 aromatic rings. The lowest BCUT2D eigenvalue weighted by Gasteiger charge is -2.33. The van der Waals surface area contributed by atoms with Crippen LogP contribution in [0.15, 0.2) is 12.1 Å². The van der Waals surface area contributed by atoms with E-state index in [0.29, 0.717) is 25.5 Å². The van der Waals surface area contributed by atoms with Gasteiger partial charge in [0.25, 0.3) is 0 Å². The van der Waals surface area contributed by atoms with Gasteiger partial charge in [0.15, 0.2) is 5.82 Å². The molecule has 1 aliphatic rings. The molecule has 0 unspecified atom stereocenters. The number of hydrogen-bond acceptors (Lipinski definition) is 4. The number of nitrogens with one attached hydrogen (secondary N) is 1. The Balaban J connectivity index is 1.90. The van der Waals surface area contributed by atoms with E-state index >= 15 is 0 Å². The smallest absolute Gasteiger partial charge is 0.355 e. The van der Waals surface area contributed by atoms with Gasteiger partial charge in [-0.25, -0.2) is 0 Å². The van der Waals surface area contributed by atoms with Crippen LogP contribution in [0.25, 0.3) is 0 Å². The summed E-state index contributed by atoms with van der Waals surface area (Å²) in [5.74, 6) is -0.523. The van der Waals surface area contributed by atoms with E-state index in [4.69, 9.17) is 0 Å². The fourth-order valence-corrected chi connectivity index (χ4v) is 2.30. The third-order valence-electron chi connectivity index (χ3n) is 3.54. The van der Waals surface area contributed by atoms with Crippen LogP contribution in [0.2, 0.25) is 0 Å². The summed E-state index contributed by atoms with van der Waals surface area (Å²) in [6, 6.07) is 3.69. The summed E-state index contributed by atoms with van der Waals surface area (Å²) in [7, 11) is 0. The van der Waals surface area contributed by atoms with Gasteiger partial charge in [0.2, 0.25) is 0 Å².